The largest absolute Gasteiger partial charge is 0.443 e. The summed E-state index contributed by atoms with van der Waals surface area (Å²) in [6.45, 7) is 1.26. The molecule has 4 nitrogen and oxygen atoms in total. The van der Waals surface area contributed by atoms with Gasteiger partial charge in [-0.3, -0.25) is 4.90 Å². The average Bonchev–Trinajstić information content (AvgIpc) is 3.07. The van der Waals surface area contributed by atoms with Gasteiger partial charge < -0.3 is 10.1 Å². The summed E-state index contributed by atoms with van der Waals surface area (Å²) in [4.78, 5) is 13.8. The molecule has 2 aromatic carbocycles. The minimum atomic E-state index is -0.265. The van der Waals surface area contributed by atoms with Gasteiger partial charge >= 0.3 is 6.09 Å². The molecule has 1 aliphatic rings. The van der Waals surface area contributed by atoms with Crippen LogP contribution in [0.15, 0.2) is 42.5 Å². The maximum absolute atomic E-state index is 12.1. The number of carbonyl (C=O) groups is 1. The van der Waals surface area contributed by atoms with Crippen molar-refractivity contribution in [3.8, 4) is 0 Å². The molecule has 0 spiro atoms. The van der Waals surface area contributed by atoms with Crippen LogP contribution in [0.3, 0.4) is 0 Å². The first-order valence-electron chi connectivity index (χ1n) is 7.30. The van der Waals surface area contributed by atoms with Crippen LogP contribution in [-0.4, -0.2) is 32.3 Å². The van der Waals surface area contributed by atoms with Crippen LogP contribution in [0, 0.1) is 0 Å². The van der Waals surface area contributed by atoms with Crippen LogP contribution in [0.1, 0.15) is 0 Å². The van der Waals surface area contributed by atoms with E-state index in [-0.39, 0.29) is 12.2 Å². The van der Waals surface area contributed by atoms with Gasteiger partial charge in [-0.05, 0) is 31.3 Å². The Labute approximate surface area is 132 Å². The average molecular weight is 312 g/mol. The first kappa shape index (κ1) is 13.5. The molecule has 0 radical (unpaired) electrons. The molecule has 4 rings (SSSR count). The molecule has 3 aromatic rings. The smallest absolute Gasteiger partial charge is 0.414 e. The normalized spacial score (nSPS) is 18.3. The van der Waals surface area contributed by atoms with Crippen LogP contribution in [0.4, 0.5) is 10.5 Å². The molecule has 5 heteroatoms. The topological polar surface area (TPSA) is 41.6 Å². The first-order chi connectivity index (χ1) is 10.8. The number of thiophene rings is 1. The molecule has 0 bridgehead atoms. The van der Waals surface area contributed by atoms with Gasteiger partial charge in [-0.2, -0.15) is 0 Å². The van der Waals surface area contributed by atoms with Crippen molar-refractivity contribution in [2.24, 2.45) is 0 Å². The lowest BCUT2D eigenvalue weighted by molar-refractivity contribution is 0.141. The highest BCUT2D eigenvalue weighted by atomic mass is 32.1. The van der Waals surface area contributed by atoms with Gasteiger partial charge in [0.2, 0.25) is 0 Å². The number of nitrogens with one attached hydrogen (secondary N) is 1. The number of nitrogens with zero attached hydrogens (tertiary/aromatic N) is 1. The fraction of sp³-hybridized carbons (Fsp3) is 0.235. The van der Waals surface area contributed by atoms with E-state index in [1.54, 1.807) is 16.2 Å². The first-order valence-corrected chi connectivity index (χ1v) is 8.12. The highest BCUT2D eigenvalue weighted by molar-refractivity contribution is 7.25. The summed E-state index contributed by atoms with van der Waals surface area (Å²) in [5.74, 6) is 0. The summed E-state index contributed by atoms with van der Waals surface area (Å²) in [7, 11) is 1.86. The van der Waals surface area contributed by atoms with Gasteiger partial charge in [-0.25, -0.2) is 4.79 Å². The summed E-state index contributed by atoms with van der Waals surface area (Å²) in [6, 6.07) is 14.6. The monoisotopic (exact) mass is 312 g/mol. The van der Waals surface area contributed by atoms with Crippen molar-refractivity contribution in [1.29, 1.82) is 0 Å². The van der Waals surface area contributed by atoms with Crippen molar-refractivity contribution in [1.82, 2.24) is 5.32 Å². The van der Waals surface area contributed by atoms with Crippen LogP contribution < -0.4 is 10.2 Å². The zero-order valence-electron chi connectivity index (χ0n) is 12.2. The Morgan fingerprint density at radius 2 is 2.05 bits per heavy atom. The molecule has 112 valence electrons. The van der Waals surface area contributed by atoms with Crippen LogP contribution >= 0.6 is 11.3 Å². The number of benzene rings is 2. The van der Waals surface area contributed by atoms with Crippen molar-refractivity contribution in [2.45, 2.75) is 6.10 Å². The second-order valence-electron chi connectivity index (χ2n) is 5.45. The van der Waals surface area contributed by atoms with Crippen LogP contribution in [0.5, 0.6) is 0 Å². The summed E-state index contributed by atoms with van der Waals surface area (Å²) in [5, 5.41) is 5.49. The molecular formula is C17H16N2O2S. The van der Waals surface area contributed by atoms with Gasteiger partial charge in [0.1, 0.15) is 6.10 Å². The summed E-state index contributed by atoms with van der Waals surface area (Å²) in [5.41, 5.74) is 0.902. The maximum Gasteiger partial charge on any atom is 0.414 e. The van der Waals surface area contributed by atoms with Crippen molar-refractivity contribution in [3.63, 3.8) is 0 Å². The molecular weight excluding hydrogens is 296 g/mol. The van der Waals surface area contributed by atoms with Gasteiger partial charge in [0.05, 0.1) is 6.54 Å². The molecule has 1 N–H and O–H groups in total. The molecule has 22 heavy (non-hydrogen) atoms. The molecule has 1 fully saturated rings. The Bertz CT molecular complexity index is 858. The Hall–Kier alpha value is -2.11. The standard InChI is InChI=1S/C17H16N2O2S/c1-18-9-12-10-19(17(20)21-12)11-6-7-16-14(8-11)13-4-2-3-5-15(13)22-16/h2-8,12,18H,9-10H2,1H3. The van der Waals surface area contributed by atoms with E-state index in [2.05, 4.69) is 35.6 Å². The Kier molecular flexibility index (Phi) is 3.24. The fourth-order valence-corrected chi connectivity index (χ4v) is 4.03. The lowest BCUT2D eigenvalue weighted by atomic mass is 10.1. The zero-order chi connectivity index (χ0) is 15.1. The Morgan fingerprint density at radius 1 is 1.23 bits per heavy atom. The summed E-state index contributed by atoms with van der Waals surface area (Å²) >= 11 is 1.78. The number of amides is 1. The van der Waals surface area contributed by atoms with Crippen molar-refractivity contribution in [2.75, 3.05) is 25.0 Å². The lowest BCUT2D eigenvalue weighted by Gasteiger charge is -2.13. The van der Waals surface area contributed by atoms with E-state index in [0.29, 0.717) is 13.1 Å². The van der Waals surface area contributed by atoms with E-state index in [9.17, 15) is 4.79 Å². The summed E-state index contributed by atoms with van der Waals surface area (Å²) in [6.07, 6.45) is -0.355. The molecule has 0 saturated carbocycles. The predicted molar refractivity (Wildman–Crippen MR) is 90.9 cm³/mol. The number of rotatable bonds is 3. The molecule has 1 atom stereocenters. The van der Waals surface area contributed by atoms with Crippen LogP contribution in [0.25, 0.3) is 20.2 Å². The second-order valence-corrected chi connectivity index (χ2v) is 6.54. The van der Waals surface area contributed by atoms with E-state index >= 15 is 0 Å². The Balaban J connectivity index is 1.76. The molecule has 1 aliphatic heterocycles. The molecule has 2 heterocycles. The quantitative estimate of drug-likeness (QED) is 0.803. The second kappa shape index (κ2) is 5.26. The van der Waals surface area contributed by atoms with E-state index in [1.807, 2.05) is 19.2 Å². The third kappa shape index (κ3) is 2.14. The SMILES string of the molecule is CNCC1CN(c2ccc3sc4ccccc4c3c2)C(=O)O1. The number of likely N-dealkylation sites (N-methyl/N-ethyl adjacent to an activating group) is 1. The van der Waals surface area contributed by atoms with Gasteiger partial charge in [-0.1, -0.05) is 18.2 Å². The minimum Gasteiger partial charge on any atom is -0.443 e. The highest BCUT2D eigenvalue weighted by Crippen LogP contribution is 2.36. The van der Waals surface area contributed by atoms with Gasteiger partial charge in [0.25, 0.3) is 0 Å². The minimum absolute atomic E-state index is 0.0904. The van der Waals surface area contributed by atoms with Crippen molar-refractivity contribution >= 4 is 43.3 Å². The third-order valence-electron chi connectivity index (χ3n) is 3.98. The lowest BCUT2D eigenvalue weighted by Crippen LogP contribution is -2.28. The van der Waals surface area contributed by atoms with E-state index in [1.165, 1.54) is 20.2 Å². The zero-order valence-corrected chi connectivity index (χ0v) is 13.0. The molecule has 0 aliphatic carbocycles. The summed E-state index contributed by atoms with van der Waals surface area (Å²) < 4.78 is 7.89. The molecule has 1 saturated heterocycles. The predicted octanol–water partition coefficient (Wildman–Crippen LogP) is 3.60. The highest BCUT2D eigenvalue weighted by Gasteiger charge is 2.31. The van der Waals surface area contributed by atoms with E-state index in [0.717, 1.165) is 5.69 Å². The van der Waals surface area contributed by atoms with Gasteiger partial charge in [0, 0.05) is 32.4 Å². The van der Waals surface area contributed by atoms with Gasteiger partial charge in [0.15, 0.2) is 0 Å². The number of anilines is 1. The number of fused-ring (bicyclic) bond motifs is 3. The number of hydrogen-bond acceptors (Lipinski definition) is 4. The van der Waals surface area contributed by atoms with E-state index < -0.39 is 0 Å². The third-order valence-corrected chi connectivity index (χ3v) is 5.13. The number of cyclic esters (lactones) is 1. The maximum atomic E-state index is 12.1. The Morgan fingerprint density at radius 3 is 2.91 bits per heavy atom. The molecule has 1 amide bonds. The van der Waals surface area contributed by atoms with Gasteiger partial charge in [-0.15, -0.1) is 11.3 Å². The fourth-order valence-electron chi connectivity index (χ4n) is 2.95. The number of hydrogen-bond donors (Lipinski definition) is 1. The number of ether oxygens (including phenoxy) is 1. The van der Waals surface area contributed by atoms with Crippen LogP contribution in [-0.2, 0) is 4.74 Å². The van der Waals surface area contributed by atoms with E-state index in [4.69, 9.17) is 4.74 Å². The molecule has 1 unspecified atom stereocenters. The van der Waals surface area contributed by atoms with Crippen LogP contribution in [0.2, 0.25) is 0 Å². The van der Waals surface area contributed by atoms with Crippen molar-refractivity contribution < 1.29 is 9.53 Å². The van der Waals surface area contributed by atoms with Crippen molar-refractivity contribution in [3.05, 3.63) is 42.5 Å². The number of carbonyl (C=O) groups excluding carboxylic acids is 1. The molecule has 1 aromatic heterocycles.